The number of rotatable bonds is 5. The van der Waals surface area contributed by atoms with Crippen molar-refractivity contribution in [1.82, 2.24) is 14.9 Å². The second kappa shape index (κ2) is 5.50. The number of likely N-dealkylation sites (N-methyl/N-ethyl adjacent to an activating group) is 1. The molecule has 0 saturated carbocycles. The predicted octanol–water partition coefficient (Wildman–Crippen LogP) is 0.847. The molecule has 0 bridgehead atoms. The van der Waals surface area contributed by atoms with E-state index >= 15 is 0 Å². The third kappa shape index (κ3) is 3.71. The van der Waals surface area contributed by atoms with Crippen LogP contribution in [0.1, 0.15) is 6.92 Å². The highest BCUT2D eigenvalue weighted by atomic mass is 16.5. The molecule has 0 aromatic carbocycles. The molecule has 0 radical (unpaired) electrons. The summed E-state index contributed by atoms with van der Waals surface area (Å²) in [7, 11) is 5.68. The molecule has 5 nitrogen and oxygen atoms in total. The molecule has 0 spiro atoms. The maximum Gasteiger partial charge on any atom is 0.222 e. The molecule has 1 aromatic rings. The summed E-state index contributed by atoms with van der Waals surface area (Å²) in [6, 6.07) is 0.440. The molecule has 1 heterocycles. The highest BCUT2D eigenvalue weighted by molar-refractivity contribution is 5.27. The van der Waals surface area contributed by atoms with Crippen molar-refractivity contribution in [3.63, 3.8) is 0 Å². The lowest BCUT2D eigenvalue weighted by molar-refractivity contribution is 0.325. The van der Waals surface area contributed by atoms with E-state index in [1.54, 1.807) is 19.5 Å². The Labute approximate surface area is 90.5 Å². The molecule has 0 amide bonds. The molecule has 5 heteroatoms. The first-order chi connectivity index (χ1) is 7.13. The zero-order chi connectivity index (χ0) is 11.3. The van der Waals surface area contributed by atoms with Crippen LogP contribution in [0.3, 0.4) is 0 Å². The molecule has 1 unspecified atom stereocenters. The summed E-state index contributed by atoms with van der Waals surface area (Å²) in [5.74, 6) is 1.30. The molecule has 0 aliphatic heterocycles. The highest BCUT2D eigenvalue weighted by Gasteiger charge is 2.04. The fraction of sp³-hybridized carbons (Fsp3) is 0.600. The van der Waals surface area contributed by atoms with Crippen molar-refractivity contribution < 1.29 is 4.74 Å². The van der Waals surface area contributed by atoms with Crippen molar-refractivity contribution in [3.8, 4) is 5.75 Å². The quantitative estimate of drug-likeness (QED) is 0.780. The Morgan fingerprint density at radius 3 is 2.47 bits per heavy atom. The van der Waals surface area contributed by atoms with Gasteiger partial charge in [0.1, 0.15) is 0 Å². The van der Waals surface area contributed by atoms with Crippen LogP contribution in [0.15, 0.2) is 12.4 Å². The van der Waals surface area contributed by atoms with Crippen molar-refractivity contribution in [1.29, 1.82) is 0 Å². The number of nitrogens with one attached hydrogen (secondary N) is 1. The monoisotopic (exact) mass is 210 g/mol. The summed E-state index contributed by atoms with van der Waals surface area (Å²) in [6.45, 7) is 2.95. The van der Waals surface area contributed by atoms with E-state index in [-0.39, 0.29) is 0 Å². The number of anilines is 1. The third-order valence-corrected chi connectivity index (χ3v) is 2.30. The van der Waals surface area contributed by atoms with Crippen molar-refractivity contribution in [2.75, 3.05) is 33.1 Å². The molecule has 0 aliphatic rings. The Morgan fingerprint density at radius 1 is 1.40 bits per heavy atom. The molecule has 1 rings (SSSR count). The summed E-state index contributed by atoms with van der Waals surface area (Å²) in [5, 5.41) is 3.16. The second-order valence-electron chi connectivity index (χ2n) is 3.64. The summed E-state index contributed by atoms with van der Waals surface area (Å²) in [4.78, 5) is 10.4. The fourth-order valence-electron chi connectivity index (χ4n) is 0.934. The van der Waals surface area contributed by atoms with E-state index in [1.165, 1.54) is 0 Å². The van der Waals surface area contributed by atoms with Crippen molar-refractivity contribution >= 4 is 5.95 Å². The lowest BCUT2D eigenvalue weighted by Gasteiger charge is -2.19. The van der Waals surface area contributed by atoms with Gasteiger partial charge in [-0.3, -0.25) is 0 Å². The molecule has 1 N–H and O–H groups in total. The highest BCUT2D eigenvalue weighted by Crippen LogP contribution is 2.07. The Morgan fingerprint density at radius 2 is 2.00 bits per heavy atom. The van der Waals surface area contributed by atoms with E-state index in [0.29, 0.717) is 17.7 Å². The Bertz CT molecular complexity index is 286. The number of hydrogen-bond acceptors (Lipinski definition) is 5. The Balaban J connectivity index is 2.44. The van der Waals surface area contributed by atoms with Gasteiger partial charge in [-0.05, 0) is 21.0 Å². The van der Waals surface area contributed by atoms with Crippen LogP contribution < -0.4 is 10.1 Å². The standard InChI is InChI=1S/C10H18N4O/c1-8(14(2)3)5-11-10-12-6-9(15-4)7-13-10/h6-8H,5H2,1-4H3,(H,11,12,13). The summed E-state index contributed by atoms with van der Waals surface area (Å²) in [6.07, 6.45) is 3.30. The minimum atomic E-state index is 0.440. The Kier molecular flexibility index (Phi) is 4.30. The summed E-state index contributed by atoms with van der Waals surface area (Å²) < 4.78 is 4.97. The summed E-state index contributed by atoms with van der Waals surface area (Å²) >= 11 is 0. The van der Waals surface area contributed by atoms with Crippen LogP contribution in [0.5, 0.6) is 5.75 Å². The first kappa shape index (κ1) is 11.7. The molecule has 0 fully saturated rings. The number of aromatic nitrogens is 2. The van der Waals surface area contributed by atoms with Gasteiger partial charge in [-0.25, -0.2) is 9.97 Å². The topological polar surface area (TPSA) is 50.3 Å². The van der Waals surface area contributed by atoms with Crippen LogP contribution in [0, 0.1) is 0 Å². The molecular formula is C10H18N4O. The predicted molar refractivity (Wildman–Crippen MR) is 60.2 cm³/mol. The first-order valence-electron chi connectivity index (χ1n) is 4.90. The van der Waals surface area contributed by atoms with Crippen molar-refractivity contribution in [2.24, 2.45) is 0 Å². The van der Waals surface area contributed by atoms with Gasteiger partial charge in [-0.1, -0.05) is 0 Å². The van der Waals surface area contributed by atoms with Crippen molar-refractivity contribution in [2.45, 2.75) is 13.0 Å². The minimum Gasteiger partial charge on any atom is -0.494 e. The molecule has 1 aromatic heterocycles. The van der Waals surface area contributed by atoms with Crippen LogP contribution in [-0.2, 0) is 0 Å². The van der Waals surface area contributed by atoms with E-state index in [4.69, 9.17) is 4.74 Å². The maximum atomic E-state index is 4.97. The van der Waals surface area contributed by atoms with E-state index in [0.717, 1.165) is 6.54 Å². The molecule has 1 atom stereocenters. The Hall–Kier alpha value is -1.36. The largest absolute Gasteiger partial charge is 0.494 e. The van der Waals surface area contributed by atoms with Gasteiger partial charge in [-0.15, -0.1) is 0 Å². The molecule has 84 valence electrons. The minimum absolute atomic E-state index is 0.440. The van der Waals surface area contributed by atoms with Crippen molar-refractivity contribution in [3.05, 3.63) is 12.4 Å². The number of hydrogen-bond donors (Lipinski definition) is 1. The second-order valence-corrected chi connectivity index (χ2v) is 3.64. The SMILES string of the molecule is COc1cnc(NCC(C)N(C)C)nc1. The number of nitrogens with zero attached hydrogens (tertiary/aromatic N) is 3. The number of methoxy groups -OCH3 is 1. The molecule has 15 heavy (non-hydrogen) atoms. The van der Waals surface area contributed by atoms with Gasteiger partial charge in [0.05, 0.1) is 19.5 Å². The zero-order valence-corrected chi connectivity index (χ0v) is 9.69. The van der Waals surface area contributed by atoms with E-state index in [1.807, 2.05) is 14.1 Å². The van der Waals surface area contributed by atoms with E-state index in [9.17, 15) is 0 Å². The zero-order valence-electron chi connectivity index (χ0n) is 9.69. The van der Waals surface area contributed by atoms with Gasteiger partial charge < -0.3 is 15.0 Å². The lowest BCUT2D eigenvalue weighted by Crippen LogP contribution is -2.31. The van der Waals surface area contributed by atoms with Crippen LogP contribution in [-0.4, -0.2) is 48.7 Å². The maximum absolute atomic E-state index is 4.97. The first-order valence-corrected chi connectivity index (χ1v) is 4.90. The average molecular weight is 210 g/mol. The lowest BCUT2D eigenvalue weighted by atomic mass is 10.3. The van der Waals surface area contributed by atoms with Gasteiger partial charge in [0, 0.05) is 12.6 Å². The van der Waals surface area contributed by atoms with E-state index < -0.39 is 0 Å². The van der Waals surface area contributed by atoms with Gasteiger partial charge in [0.25, 0.3) is 0 Å². The fourth-order valence-corrected chi connectivity index (χ4v) is 0.934. The van der Waals surface area contributed by atoms with E-state index in [2.05, 4.69) is 27.1 Å². The molecular weight excluding hydrogens is 192 g/mol. The van der Waals surface area contributed by atoms with Gasteiger partial charge >= 0.3 is 0 Å². The summed E-state index contributed by atoms with van der Waals surface area (Å²) in [5.41, 5.74) is 0. The smallest absolute Gasteiger partial charge is 0.222 e. The molecule has 0 aliphatic carbocycles. The third-order valence-electron chi connectivity index (χ3n) is 2.30. The van der Waals surface area contributed by atoms with Crippen LogP contribution in [0.2, 0.25) is 0 Å². The van der Waals surface area contributed by atoms with Crippen LogP contribution >= 0.6 is 0 Å². The average Bonchev–Trinajstić information content (AvgIpc) is 2.26. The normalized spacial score (nSPS) is 12.6. The van der Waals surface area contributed by atoms with Crippen LogP contribution in [0.25, 0.3) is 0 Å². The van der Waals surface area contributed by atoms with Gasteiger partial charge in [0.15, 0.2) is 5.75 Å². The van der Waals surface area contributed by atoms with Gasteiger partial charge in [-0.2, -0.15) is 0 Å². The number of ether oxygens (including phenoxy) is 1. The molecule has 0 saturated heterocycles. The van der Waals surface area contributed by atoms with Crippen LogP contribution in [0.4, 0.5) is 5.95 Å². The van der Waals surface area contributed by atoms with Gasteiger partial charge in [0.2, 0.25) is 5.95 Å².